The van der Waals surface area contributed by atoms with Crippen molar-refractivity contribution < 1.29 is 25.8 Å². The monoisotopic (exact) mass is 351 g/mol. The van der Waals surface area contributed by atoms with Gasteiger partial charge in [-0.25, -0.2) is 13.1 Å². The first kappa shape index (κ1) is 17.3. The van der Waals surface area contributed by atoms with E-state index in [1.165, 1.54) is 0 Å². The molecule has 0 spiro atoms. The summed E-state index contributed by atoms with van der Waals surface area (Å²) in [5.74, 6) is 0.217. The topological polar surface area (TPSA) is 101 Å². The van der Waals surface area contributed by atoms with Crippen LogP contribution in [0.2, 0.25) is 0 Å². The van der Waals surface area contributed by atoms with Gasteiger partial charge in [0.05, 0.1) is 9.79 Å². The Morgan fingerprint density at radius 3 is 1.95 bits per heavy atom. The molecule has 0 aromatic heterocycles. The quantitative estimate of drug-likeness (QED) is 0.776. The highest BCUT2D eigenvalue weighted by molar-refractivity contribution is 7.89. The van der Waals surface area contributed by atoms with Crippen LogP contribution in [0.25, 0.3) is 0 Å². The van der Waals surface area contributed by atoms with Gasteiger partial charge in [0, 0.05) is 12.6 Å². The van der Waals surface area contributed by atoms with Crippen molar-refractivity contribution in [1.82, 2.24) is 4.72 Å². The molecule has 1 fully saturated rings. The van der Waals surface area contributed by atoms with Crippen molar-refractivity contribution in [2.75, 3.05) is 6.61 Å². The van der Waals surface area contributed by atoms with Crippen molar-refractivity contribution in [3.05, 3.63) is 24.3 Å². The first-order valence-electron chi connectivity index (χ1n) is 6.90. The maximum absolute atomic E-state index is 12.8. The minimum atomic E-state index is -4.84. The molecule has 1 saturated carbocycles. The Bertz CT molecular complexity index is 707. The Labute approximate surface area is 129 Å². The number of halogens is 1. The van der Waals surface area contributed by atoms with E-state index < -0.39 is 25.1 Å². The van der Waals surface area contributed by atoms with Gasteiger partial charge in [0.2, 0.25) is 10.0 Å². The lowest BCUT2D eigenvalue weighted by molar-refractivity contribution is 0.180. The van der Waals surface area contributed by atoms with Gasteiger partial charge in [-0.3, -0.25) is 0 Å². The number of benzene rings is 1. The summed E-state index contributed by atoms with van der Waals surface area (Å²) < 4.78 is 61.2. The van der Waals surface area contributed by atoms with Crippen molar-refractivity contribution >= 4 is 20.2 Å². The van der Waals surface area contributed by atoms with E-state index in [1.54, 1.807) is 0 Å². The van der Waals surface area contributed by atoms with Crippen LogP contribution in [0.15, 0.2) is 34.1 Å². The summed E-state index contributed by atoms with van der Waals surface area (Å²) in [7, 11) is -8.62. The molecule has 0 amide bonds. The number of nitrogens with one attached hydrogen (secondary N) is 1. The minimum absolute atomic E-state index is 0.107. The first-order chi connectivity index (χ1) is 10.2. The summed E-state index contributed by atoms with van der Waals surface area (Å²) in [5.41, 5.74) is 0. The van der Waals surface area contributed by atoms with Crippen LogP contribution in [0.1, 0.15) is 25.7 Å². The summed E-state index contributed by atoms with van der Waals surface area (Å²) in [6.45, 7) is 0.110. The van der Waals surface area contributed by atoms with Crippen molar-refractivity contribution in [2.45, 2.75) is 41.5 Å². The molecule has 2 N–H and O–H groups in total. The van der Waals surface area contributed by atoms with Crippen molar-refractivity contribution in [1.29, 1.82) is 0 Å². The van der Waals surface area contributed by atoms with Gasteiger partial charge in [-0.15, -0.1) is 3.89 Å². The summed E-state index contributed by atoms with van der Waals surface area (Å²) in [6.07, 6.45) is 2.79. The standard InChI is InChI=1S/C13H18FNO5S2/c14-21(17,18)12-5-7-13(8-6-12)22(19,20)15-11-3-1-10(9-16)2-4-11/h5-8,10-11,15-16H,1-4,9H2. The molecule has 1 aliphatic rings. The molecule has 9 heteroatoms. The number of hydrogen-bond donors (Lipinski definition) is 2. The number of sulfonamides is 1. The maximum Gasteiger partial charge on any atom is 0.332 e. The summed E-state index contributed by atoms with van der Waals surface area (Å²) in [6, 6.07) is 3.76. The molecule has 0 atom stereocenters. The second-order valence-corrected chi connectivity index (χ2v) is 8.49. The molecule has 0 aliphatic heterocycles. The van der Waals surface area contributed by atoms with Gasteiger partial charge in [-0.2, -0.15) is 8.42 Å². The minimum Gasteiger partial charge on any atom is -0.396 e. The Balaban J connectivity index is 2.08. The Kier molecular flexibility index (Phi) is 5.21. The normalized spacial score (nSPS) is 23.4. The second kappa shape index (κ2) is 6.61. The van der Waals surface area contributed by atoms with Gasteiger partial charge in [0.15, 0.2) is 0 Å². The van der Waals surface area contributed by atoms with Gasteiger partial charge < -0.3 is 5.11 Å². The van der Waals surface area contributed by atoms with Gasteiger partial charge in [0.1, 0.15) is 0 Å². The maximum atomic E-state index is 12.8. The van der Waals surface area contributed by atoms with Crippen LogP contribution in [-0.2, 0) is 20.2 Å². The van der Waals surface area contributed by atoms with Gasteiger partial charge in [0.25, 0.3) is 0 Å². The molecule has 22 heavy (non-hydrogen) atoms. The summed E-state index contributed by atoms with van der Waals surface area (Å²) >= 11 is 0. The van der Waals surface area contributed by atoms with Crippen LogP contribution in [0.5, 0.6) is 0 Å². The molecule has 2 rings (SSSR count). The molecule has 0 saturated heterocycles. The van der Waals surface area contributed by atoms with Crippen LogP contribution >= 0.6 is 0 Å². The van der Waals surface area contributed by atoms with Crippen LogP contribution in [0.3, 0.4) is 0 Å². The van der Waals surface area contributed by atoms with E-state index in [1.807, 2.05) is 0 Å². The van der Waals surface area contributed by atoms with E-state index in [0.717, 1.165) is 37.1 Å². The number of rotatable bonds is 5. The lowest BCUT2D eigenvalue weighted by Gasteiger charge is -2.27. The highest BCUT2D eigenvalue weighted by Crippen LogP contribution is 2.25. The SMILES string of the molecule is O=S(=O)(F)c1ccc(S(=O)(=O)NC2CCC(CO)CC2)cc1. The average molecular weight is 351 g/mol. The molecule has 124 valence electrons. The predicted molar refractivity (Wildman–Crippen MR) is 77.9 cm³/mol. The van der Waals surface area contributed by atoms with Crippen molar-refractivity contribution in [2.24, 2.45) is 5.92 Å². The number of aliphatic hydroxyl groups is 1. The second-order valence-electron chi connectivity index (χ2n) is 5.43. The van der Waals surface area contributed by atoms with E-state index in [-0.39, 0.29) is 23.5 Å². The predicted octanol–water partition coefficient (Wildman–Crippen LogP) is 1.17. The Morgan fingerprint density at radius 2 is 1.50 bits per heavy atom. The fourth-order valence-corrected chi connectivity index (χ4v) is 4.30. The molecule has 0 unspecified atom stereocenters. The summed E-state index contributed by atoms with van der Waals surface area (Å²) in [4.78, 5) is -0.681. The fraction of sp³-hybridized carbons (Fsp3) is 0.538. The average Bonchev–Trinajstić information content (AvgIpc) is 2.47. The van der Waals surface area contributed by atoms with Crippen LogP contribution in [0.4, 0.5) is 3.89 Å². The van der Waals surface area contributed by atoms with Crippen molar-refractivity contribution in [3.63, 3.8) is 0 Å². The van der Waals surface area contributed by atoms with E-state index in [2.05, 4.69) is 4.72 Å². The molecule has 0 heterocycles. The van der Waals surface area contributed by atoms with E-state index in [4.69, 9.17) is 5.11 Å². The molecule has 1 aromatic carbocycles. The third-order valence-electron chi connectivity index (χ3n) is 3.84. The zero-order valence-electron chi connectivity index (χ0n) is 11.8. The zero-order valence-corrected chi connectivity index (χ0v) is 13.4. The molecule has 6 nitrogen and oxygen atoms in total. The van der Waals surface area contributed by atoms with Crippen LogP contribution < -0.4 is 4.72 Å². The van der Waals surface area contributed by atoms with Gasteiger partial charge >= 0.3 is 10.2 Å². The molecule has 1 aliphatic carbocycles. The Morgan fingerprint density at radius 1 is 1.00 bits per heavy atom. The highest BCUT2D eigenvalue weighted by atomic mass is 32.3. The number of hydrogen-bond acceptors (Lipinski definition) is 5. The van der Waals surface area contributed by atoms with Crippen molar-refractivity contribution in [3.8, 4) is 0 Å². The lowest BCUT2D eigenvalue weighted by Crippen LogP contribution is -2.38. The summed E-state index contributed by atoms with van der Waals surface area (Å²) in [5, 5.41) is 9.06. The Hall–Kier alpha value is -1.03. The lowest BCUT2D eigenvalue weighted by atomic mass is 9.87. The van der Waals surface area contributed by atoms with E-state index >= 15 is 0 Å². The third-order valence-corrected chi connectivity index (χ3v) is 6.21. The van der Waals surface area contributed by atoms with E-state index in [9.17, 15) is 20.7 Å². The third kappa shape index (κ3) is 4.25. The fourth-order valence-electron chi connectivity index (χ4n) is 2.53. The largest absolute Gasteiger partial charge is 0.396 e. The van der Waals surface area contributed by atoms with Crippen LogP contribution in [-0.4, -0.2) is 34.6 Å². The van der Waals surface area contributed by atoms with Gasteiger partial charge in [-0.1, -0.05) is 0 Å². The molecule has 1 aromatic rings. The van der Waals surface area contributed by atoms with Crippen LogP contribution in [0, 0.1) is 5.92 Å². The highest BCUT2D eigenvalue weighted by Gasteiger charge is 2.25. The van der Waals surface area contributed by atoms with E-state index in [0.29, 0.717) is 12.8 Å². The molecular formula is C13H18FNO5S2. The molecule has 0 bridgehead atoms. The molecular weight excluding hydrogens is 333 g/mol. The first-order valence-corrected chi connectivity index (χ1v) is 9.77. The molecule has 0 radical (unpaired) electrons. The number of aliphatic hydroxyl groups excluding tert-OH is 1. The zero-order chi connectivity index (χ0) is 16.4. The van der Waals surface area contributed by atoms with Gasteiger partial charge in [-0.05, 0) is 55.9 Å². The smallest absolute Gasteiger partial charge is 0.332 e.